The zero-order chi connectivity index (χ0) is 15.1. The Labute approximate surface area is 124 Å². The van der Waals surface area contributed by atoms with Crippen LogP contribution < -0.4 is 5.32 Å². The molecule has 0 radical (unpaired) electrons. The molecule has 0 amide bonds. The highest BCUT2D eigenvalue weighted by atomic mass is 16.4. The van der Waals surface area contributed by atoms with Gasteiger partial charge in [-0.2, -0.15) is 0 Å². The Morgan fingerprint density at radius 2 is 1.90 bits per heavy atom. The van der Waals surface area contributed by atoms with Crippen molar-refractivity contribution < 1.29 is 9.90 Å². The zero-order valence-electron chi connectivity index (χ0n) is 12.0. The molecule has 5 heteroatoms. The predicted octanol–water partition coefficient (Wildman–Crippen LogP) is 2.49. The molecule has 0 saturated heterocycles. The van der Waals surface area contributed by atoms with Gasteiger partial charge in [0, 0.05) is 30.1 Å². The van der Waals surface area contributed by atoms with E-state index in [2.05, 4.69) is 15.3 Å². The number of nitrogens with zero attached hydrogens (tertiary/aromatic N) is 2. The normalized spacial score (nSPS) is 12.0. The summed E-state index contributed by atoms with van der Waals surface area (Å²) >= 11 is 0. The molecule has 2 aromatic rings. The Morgan fingerprint density at radius 1 is 1.24 bits per heavy atom. The van der Waals surface area contributed by atoms with Gasteiger partial charge in [-0.3, -0.25) is 4.79 Å². The van der Waals surface area contributed by atoms with Crippen molar-refractivity contribution in [2.45, 2.75) is 32.4 Å². The van der Waals surface area contributed by atoms with Crippen molar-refractivity contribution in [3.8, 4) is 11.4 Å². The van der Waals surface area contributed by atoms with Gasteiger partial charge in [-0.15, -0.1) is 0 Å². The van der Waals surface area contributed by atoms with E-state index >= 15 is 0 Å². The molecule has 2 N–H and O–H groups in total. The first kappa shape index (κ1) is 15.1. The Morgan fingerprint density at radius 3 is 2.48 bits per heavy atom. The molecule has 1 atom stereocenters. The fourth-order valence-electron chi connectivity index (χ4n) is 2.02. The number of hydrogen-bond donors (Lipinski definition) is 2. The van der Waals surface area contributed by atoms with E-state index in [1.165, 1.54) is 0 Å². The first-order valence-corrected chi connectivity index (χ1v) is 7.03. The van der Waals surface area contributed by atoms with E-state index in [4.69, 9.17) is 5.11 Å². The largest absolute Gasteiger partial charge is 0.480 e. The van der Waals surface area contributed by atoms with Crippen molar-refractivity contribution in [1.82, 2.24) is 15.3 Å². The summed E-state index contributed by atoms with van der Waals surface area (Å²) in [6.45, 7) is 2.42. The van der Waals surface area contributed by atoms with Crippen LogP contribution in [0.1, 0.15) is 25.3 Å². The van der Waals surface area contributed by atoms with Crippen LogP contribution in [-0.2, 0) is 11.3 Å². The average Bonchev–Trinajstić information content (AvgIpc) is 2.52. The molecule has 0 spiro atoms. The molecule has 2 rings (SSSR count). The van der Waals surface area contributed by atoms with Crippen LogP contribution in [0.2, 0.25) is 0 Å². The lowest BCUT2D eigenvalue weighted by molar-refractivity contribution is -0.139. The first-order chi connectivity index (χ1) is 10.2. The number of benzene rings is 1. The second-order valence-electron chi connectivity index (χ2n) is 4.84. The highest BCUT2D eigenvalue weighted by Crippen LogP contribution is 2.13. The van der Waals surface area contributed by atoms with Gasteiger partial charge in [-0.05, 0) is 6.42 Å². The summed E-state index contributed by atoms with van der Waals surface area (Å²) in [7, 11) is 0. The summed E-state index contributed by atoms with van der Waals surface area (Å²) in [5.74, 6) is -0.152. The fourth-order valence-corrected chi connectivity index (χ4v) is 2.02. The van der Waals surface area contributed by atoms with Gasteiger partial charge in [0.05, 0.1) is 0 Å². The van der Waals surface area contributed by atoms with Gasteiger partial charge in [0.15, 0.2) is 5.82 Å². The summed E-state index contributed by atoms with van der Waals surface area (Å²) in [6, 6.07) is 9.21. The number of aromatic nitrogens is 2. The Bertz CT molecular complexity index is 570. The van der Waals surface area contributed by atoms with Crippen LogP contribution in [0.4, 0.5) is 0 Å². The summed E-state index contributed by atoms with van der Waals surface area (Å²) in [6.07, 6.45) is 4.89. The number of aliphatic carboxylic acids is 1. The van der Waals surface area contributed by atoms with Crippen LogP contribution in [0.3, 0.4) is 0 Å². The van der Waals surface area contributed by atoms with E-state index in [-0.39, 0.29) is 0 Å². The van der Waals surface area contributed by atoms with Crippen LogP contribution in [0.15, 0.2) is 42.7 Å². The summed E-state index contributed by atoms with van der Waals surface area (Å²) in [5.41, 5.74) is 1.84. The monoisotopic (exact) mass is 285 g/mol. The molecule has 110 valence electrons. The van der Waals surface area contributed by atoms with Gasteiger partial charge in [0.2, 0.25) is 0 Å². The van der Waals surface area contributed by atoms with Crippen molar-refractivity contribution in [1.29, 1.82) is 0 Å². The van der Waals surface area contributed by atoms with Crippen molar-refractivity contribution in [3.63, 3.8) is 0 Å². The van der Waals surface area contributed by atoms with Gasteiger partial charge in [0.1, 0.15) is 6.04 Å². The quantitative estimate of drug-likeness (QED) is 0.817. The van der Waals surface area contributed by atoms with Gasteiger partial charge < -0.3 is 10.4 Å². The third kappa shape index (κ3) is 4.36. The van der Waals surface area contributed by atoms with Gasteiger partial charge in [-0.25, -0.2) is 9.97 Å². The van der Waals surface area contributed by atoms with Crippen molar-refractivity contribution in [3.05, 3.63) is 48.3 Å². The van der Waals surface area contributed by atoms with Crippen LogP contribution in [0, 0.1) is 0 Å². The lowest BCUT2D eigenvalue weighted by Crippen LogP contribution is -2.36. The fraction of sp³-hybridized carbons (Fsp3) is 0.312. The summed E-state index contributed by atoms with van der Waals surface area (Å²) in [4.78, 5) is 19.7. The van der Waals surface area contributed by atoms with Gasteiger partial charge >= 0.3 is 5.97 Å². The molecule has 0 fully saturated rings. The smallest absolute Gasteiger partial charge is 0.320 e. The van der Waals surface area contributed by atoms with Crippen molar-refractivity contribution >= 4 is 5.97 Å². The molecule has 0 aliphatic rings. The van der Waals surface area contributed by atoms with Gasteiger partial charge in [0.25, 0.3) is 0 Å². The number of carboxylic acids is 1. The van der Waals surface area contributed by atoms with E-state index in [1.54, 1.807) is 12.4 Å². The maximum absolute atomic E-state index is 11.1. The molecule has 5 nitrogen and oxygen atoms in total. The van der Waals surface area contributed by atoms with E-state index < -0.39 is 12.0 Å². The van der Waals surface area contributed by atoms with Crippen molar-refractivity contribution in [2.24, 2.45) is 0 Å². The Kier molecular flexibility index (Phi) is 5.40. The summed E-state index contributed by atoms with van der Waals surface area (Å²) in [5, 5.41) is 12.1. The topological polar surface area (TPSA) is 75.1 Å². The number of carboxylic acid groups (broad SMARTS) is 1. The zero-order valence-corrected chi connectivity index (χ0v) is 12.0. The van der Waals surface area contributed by atoms with Crippen LogP contribution >= 0.6 is 0 Å². The third-order valence-corrected chi connectivity index (χ3v) is 3.17. The minimum Gasteiger partial charge on any atom is -0.480 e. The highest BCUT2D eigenvalue weighted by Gasteiger charge is 2.15. The number of carbonyl (C=O) groups is 1. The Hall–Kier alpha value is -2.27. The van der Waals surface area contributed by atoms with E-state index in [9.17, 15) is 4.79 Å². The maximum Gasteiger partial charge on any atom is 0.320 e. The molecule has 21 heavy (non-hydrogen) atoms. The lowest BCUT2D eigenvalue weighted by atomic mass is 10.1. The summed E-state index contributed by atoms with van der Waals surface area (Å²) < 4.78 is 0. The second kappa shape index (κ2) is 7.50. The molecule has 1 aromatic heterocycles. The minimum absolute atomic E-state index is 0.450. The number of hydrogen-bond acceptors (Lipinski definition) is 4. The SMILES string of the molecule is CCC[C@H](NCc1cnc(-c2ccccc2)nc1)C(=O)O. The average molecular weight is 285 g/mol. The second-order valence-corrected chi connectivity index (χ2v) is 4.84. The Balaban J connectivity index is 1.98. The number of nitrogens with one attached hydrogen (secondary N) is 1. The van der Waals surface area contributed by atoms with Crippen LogP contribution in [0.25, 0.3) is 11.4 Å². The van der Waals surface area contributed by atoms with E-state index in [0.29, 0.717) is 18.8 Å². The van der Waals surface area contributed by atoms with Crippen molar-refractivity contribution in [2.75, 3.05) is 0 Å². The molecular weight excluding hydrogens is 266 g/mol. The molecule has 0 bridgehead atoms. The third-order valence-electron chi connectivity index (χ3n) is 3.17. The maximum atomic E-state index is 11.1. The van der Waals surface area contributed by atoms with E-state index in [1.807, 2.05) is 37.3 Å². The molecule has 0 aliphatic heterocycles. The standard InChI is InChI=1S/C16H19N3O2/c1-2-6-14(16(20)21)17-9-12-10-18-15(19-11-12)13-7-4-3-5-8-13/h3-5,7-8,10-11,14,17H,2,6,9H2,1H3,(H,20,21)/t14-/m0/s1. The number of rotatable bonds is 7. The first-order valence-electron chi connectivity index (χ1n) is 7.03. The highest BCUT2D eigenvalue weighted by molar-refractivity contribution is 5.73. The van der Waals surface area contributed by atoms with Crippen LogP contribution in [0.5, 0.6) is 0 Å². The molecule has 0 aliphatic carbocycles. The molecule has 0 saturated carbocycles. The predicted molar refractivity (Wildman–Crippen MR) is 80.6 cm³/mol. The molecule has 1 aromatic carbocycles. The van der Waals surface area contributed by atoms with Gasteiger partial charge in [-0.1, -0.05) is 43.7 Å². The van der Waals surface area contributed by atoms with Crippen LogP contribution in [-0.4, -0.2) is 27.1 Å². The molecule has 1 heterocycles. The lowest BCUT2D eigenvalue weighted by Gasteiger charge is -2.13. The molecular formula is C16H19N3O2. The van der Waals surface area contributed by atoms with E-state index in [0.717, 1.165) is 17.5 Å². The minimum atomic E-state index is -0.821. The molecule has 0 unspecified atom stereocenters.